The summed E-state index contributed by atoms with van der Waals surface area (Å²) in [6, 6.07) is 9.91. The summed E-state index contributed by atoms with van der Waals surface area (Å²) >= 11 is 10.6. The van der Waals surface area contributed by atoms with E-state index < -0.39 is 5.38 Å². The fourth-order valence-electron chi connectivity index (χ4n) is 0.737. The van der Waals surface area contributed by atoms with E-state index in [4.69, 9.17) is 16.9 Å². The molecular formula is C9H7BrClNS. The third-order valence-corrected chi connectivity index (χ3v) is 3.42. The van der Waals surface area contributed by atoms with Gasteiger partial charge in [-0.3, -0.25) is 0 Å². The zero-order chi connectivity index (χ0) is 9.68. The van der Waals surface area contributed by atoms with Crippen LogP contribution in [0.25, 0.3) is 0 Å². The van der Waals surface area contributed by atoms with Crippen molar-refractivity contribution in [1.29, 1.82) is 5.26 Å². The Kier molecular flexibility index (Phi) is 4.65. The molecule has 1 atom stereocenters. The first-order chi connectivity index (χ1) is 6.22. The van der Waals surface area contributed by atoms with Gasteiger partial charge < -0.3 is 0 Å². The number of thioether (sulfide) groups is 1. The molecule has 4 heteroatoms. The highest BCUT2D eigenvalue weighted by atomic mass is 79.9. The summed E-state index contributed by atoms with van der Waals surface area (Å²) in [7, 11) is 0. The van der Waals surface area contributed by atoms with Crippen LogP contribution in [0.1, 0.15) is 0 Å². The van der Waals surface area contributed by atoms with Gasteiger partial charge in [0.1, 0.15) is 5.38 Å². The molecule has 0 radical (unpaired) electrons. The second kappa shape index (κ2) is 5.54. The lowest BCUT2D eigenvalue weighted by molar-refractivity contribution is 1.24. The topological polar surface area (TPSA) is 23.8 Å². The molecule has 1 aromatic rings. The maximum absolute atomic E-state index is 8.45. The SMILES string of the molecule is N#CC(Cl)CSc1ccc(Br)cc1. The molecule has 1 rings (SSSR count). The smallest absolute Gasteiger partial charge is 0.129 e. The Bertz CT molecular complexity index is 306. The van der Waals surface area contributed by atoms with E-state index in [-0.39, 0.29) is 0 Å². The molecule has 1 unspecified atom stereocenters. The first-order valence-corrected chi connectivity index (χ1v) is 5.86. The lowest BCUT2D eigenvalue weighted by Crippen LogP contribution is -1.96. The molecule has 0 spiro atoms. The molecule has 0 aliphatic heterocycles. The zero-order valence-corrected chi connectivity index (χ0v) is 9.86. The molecule has 68 valence electrons. The third kappa shape index (κ3) is 4.04. The second-order valence-electron chi connectivity index (χ2n) is 2.36. The van der Waals surface area contributed by atoms with E-state index in [1.54, 1.807) is 11.8 Å². The predicted octanol–water partition coefficient (Wildman–Crippen LogP) is 3.67. The van der Waals surface area contributed by atoms with Gasteiger partial charge in [0.25, 0.3) is 0 Å². The fraction of sp³-hybridized carbons (Fsp3) is 0.222. The van der Waals surface area contributed by atoms with Gasteiger partial charge in [0, 0.05) is 15.1 Å². The van der Waals surface area contributed by atoms with E-state index in [9.17, 15) is 0 Å². The Hall–Kier alpha value is -0.170. The largest absolute Gasteiger partial charge is 0.197 e. The van der Waals surface area contributed by atoms with E-state index in [1.165, 1.54) is 0 Å². The summed E-state index contributed by atoms with van der Waals surface area (Å²) < 4.78 is 1.06. The van der Waals surface area contributed by atoms with Gasteiger partial charge >= 0.3 is 0 Å². The number of nitrogens with zero attached hydrogens (tertiary/aromatic N) is 1. The molecule has 0 amide bonds. The Labute approximate surface area is 95.2 Å². The Morgan fingerprint density at radius 1 is 1.46 bits per heavy atom. The molecule has 0 saturated carbocycles. The van der Waals surface area contributed by atoms with Crippen molar-refractivity contribution in [2.45, 2.75) is 10.3 Å². The molecule has 0 aliphatic rings. The van der Waals surface area contributed by atoms with Gasteiger partial charge in [-0.05, 0) is 24.3 Å². The highest BCUT2D eigenvalue weighted by molar-refractivity contribution is 9.10. The second-order valence-corrected chi connectivity index (χ2v) is 4.90. The van der Waals surface area contributed by atoms with E-state index in [2.05, 4.69) is 15.9 Å². The molecule has 1 nitrogen and oxygen atoms in total. The number of hydrogen-bond acceptors (Lipinski definition) is 2. The lowest BCUT2D eigenvalue weighted by Gasteiger charge is -2.00. The summed E-state index contributed by atoms with van der Waals surface area (Å²) in [6.07, 6.45) is 0. The maximum Gasteiger partial charge on any atom is 0.129 e. The van der Waals surface area contributed by atoms with Crippen LogP contribution < -0.4 is 0 Å². The normalized spacial score (nSPS) is 12.1. The van der Waals surface area contributed by atoms with Crippen LogP contribution >= 0.6 is 39.3 Å². The van der Waals surface area contributed by atoms with Crippen LogP contribution in [-0.2, 0) is 0 Å². The van der Waals surface area contributed by atoms with Gasteiger partial charge in [0.05, 0.1) is 6.07 Å². The van der Waals surface area contributed by atoms with Gasteiger partial charge in [-0.2, -0.15) is 5.26 Å². The highest BCUT2D eigenvalue weighted by Gasteiger charge is 2.02. The van der Waals surface area contributed by atoms with E-state index in [0.717, 1.165) is 9.37 Å². The minimum Gasteiger partial charge on any atom is -0.197 e. The van der Waals surface area contributed by atoms with Crippen molar-refractivity contribution in [1.82, 2.24) is 0 Å². The van der Waals surface area contributed by atoms with E-state index in [1.807, 2.05) is 30.3 Å². The number of benzene rings is 1. The quantitative estimate of drug-likeness (QED) is 0.621. The van der Waals surface area contributed by atoms with Crippen molar-refractivity contribution < 1.29 is 0 Å². The summed E-state index contributed by atoms with van der Waals surface area (Å²) in [5.41, 5.74) is 0. The average molecular weight is 277 g/mol. The third-order valence-electron chi connectivity index (χ3n) is 1.35. The van der Waals surface area contributed by atoms with Crippen LogP contribution in [-0.4, -0.2) is 11.1 Å². The predicted molar refractivity (Wildman–Crippen MR) is 60.1 cm³/mol. The first kappa shape index (κ1) is 10.9. The van der Waals surface area contributed by atoms with Gasteiger partial charge in [0.2, 0.25) is 0 Å². The Morgan fingerprint density at radius 2 is 2.08 bits per heavy atom. The van der Waals surface area contributed by atoms with Crippen molar-refractivity contribution in [3.8, 4) is 6.07 Å². The molecule has 0 N–H and O–H groups in total. The van der Waals surface area contributed by atoms with Gasteiger partial charge in [0.15, 0.2) is 0 Å². The average Bonchev–Trinajstić information content (AvgIpc) is 2.16. The number of hydrogen-bond donors (Lipinski definition) is 0. The van der Waals surface area contributed by atoms with Crippen LogP contribution in [0.15, 0.2) is 33.6 Å². The van der Waals surface area contributed by atoms with Crippen molar-refractivity contribution in [2.24, 2.45) is 0 Å². The van der Waals surface area contributed by atoms with Crippen LogP contribution in [0.2, 0.25) is 0 Å². The number of alkyl halides is 1. The van der Waals surface area contributed by atoms with Crippen LogP contribution in [0.4, 0.5) is 0 Å². The summed E-state index contributed by atoms with van der Waals surface area (Å²) in [5, 5.41) is 8.05. The van der Waals surface area contributed by atoms with Gasteiger partial charge in [-0.15, -0.1) is 23.4 Å². The molecule has 13 heavy (non-hydrogen) atoms. The van der Waals surface area contributed by atoms with Crippen LogP contribution in [0, 0.1) is 11.3 Å². The molecule has 0 saturated heterocycles. The molecule has 0 aromatic heterocycles. The van der Waals surface area contributed by atoms with Crippen molar-refractivity contribution in [3.05, 3.63) is 28.7 Å². The molecule has 0 bridgehead atoms. The lowest BCUT2D eigenvalue weighted by atomic mass is 10.4. The molecule has 1 aromatic carbocycles. The number of nitriles is 1. The first-order valence-electron chi connectivity index (χ1n) is 3.64. The molecule has 0 heterocycles. The number of rotatable bonds is 3. The monoisotopic (exact) mass is 275 g/mol. The summed E-state index contributed by atoms with van der Waals surface area (Å²) in [5.74, 6) is 0.625. The van der Waals surface area contributed by atoms with Crippen molar-refractivity contribution >= 4 is 39.3 Å². The van der Waals surface area contributed by atoms with E-state index >= 15 is 0 Å². The van der Waals surface area contributed by atoms with Gasteiger partial charge in [-0.25, -0.2) is 0 Å². The minimum atomic E-state index is -0.409. The fourth-order valence-corrected chi connectivity index (χ4v) is 1.93. The Morgan fingerprint density at radius 3 is 2.62 bits per heavy atom. The standard InChI is InChI=1S/C9H7BrClNS/c10-7-1-3-9(4-2-7)13-6-8(11)5-12/h1-4,8H,6H2. The number of halogens is 2. The molecular weight excluding hydrogens is 270 g/mol. The highest BCUT2D eigenvalue weighted by Crippen LogP contribution is 2.22. The van der Waals surface area contributed by atoms with Crippen molar-refractivity contribution in [3.63, 3.8) is 0 Å². The Balaban J connectivity index is 2.47. The molecule has 0 fully saturated rings. The van der Waals surface area contributed by atoms with Crippen LogP contribution in [0.5, 0.6) is 0 Å². The van der Waals surface area contributed by atoms with Crippen molar-refractivity contribution in [2.75, 3.05) is 5.75 Å². The summed E-state index contributed by atoms with van der Waals surface area (Å²) in [6.45, 7) is 0. The van der Waals surface area contributed by atoms with E-state index in [0.29, 0.717) is 5.75 Å². The van der Waals surface area contributed by atoms with Gasteiger partial charge in [-0.1, -0.05) is 15.9 Å². The summed E-state index contributed by atoms with van der Waals surface area (Å²) in [4.78, 5) is 1.13. The molecule has 0 aliphatic carbocycles. The zero-order valence-electron chi connectivity index (χ0n) is 6.71. The van der Waals surface area contributed by atoms with Crippen LogP contribution in [0.3, 0.4) is 0 Å². The minimum absolute atomic E-state index is 0.409. The maximum atomic E-state index is 8.45.